The molecule has 5 nitrogen and oxygen atoms in total. The van der Waals surface area contributed by atoms with Gasteiger partial charge in [-0.2, -0.15) is 5.26 Å². The molecule has 1 saturated heterocycles. The second-order valence-corrected chi connectivity index (χ2v) is 5.60. The number of nitrogens with two attached hydrogens (primary N) is 1. The van der Waals surface area contributed by atoms with Crippen molar-refractivity contribution < 1.29 is 4.79 Å². The second-order valence-electron chi connectivity index (χ2n) is 5.60. The van der Waals surface area contributed by atoms with Crippen LogP contribution in [0.1, 0.15) is 39.5 Å². The SMILES string of the molecule is CCNC(C)(C#N)CCCN1CCC(C(N)=O)CC1. The van der Waals surface area contributed by atoms with Gasteiger partial charge in [0.05, 0.1) is 6.07 Å². The number of piperidine rings is 1. The highest BCUT2D eigenvalue weighted by Gasteiger charge is 2.25. The van der Waals surface area contributed by atoms with Crippen molar-refractivity contribution in [3.63, 3.8) is 0 Å². The zero-order valence-electron chi connectivity index (χ0n) is 12.1. The maximum Gasteiger partial charge on any atom is 0.220 e. The molecular weight excluding hydrogens is 240 g/mol. The van der Waals surface area contributed by atoms with Crippen LogP contribution < -0.4 is 11.1 Å². The molecule has 0 saturated carbocycles. The summed E-state index contributed by atoms with van der Waals surface area (Å²) in [4.78, 5) is 13.4. The average Bonchev–Trinajstić information content (AvgIpc) is 2.39. The van der Waals surface area contributed by atoms with Gasteiger partial charge in [0.25, 0.3) is 0 Å². The first kappa shape index (κ1) is 15.9. The molecule has 1 unspecified atom stereocenters. The Morgan fingerprint density at radius 2 is 2.16 bits per heavy atom. The van der Waals surface area contributed by atoms with Gasteiger partial charge in [0.2, 0.25) is 5.91 Å². The third kappa shape index (κ3) is 5.17. The smallest absolute Gasteiger partial charge is 0.220 e. The summed E-state index contributed by atoms with van der Waals surface area (Å²) in [7, 11) is 0. The molecule has 108 valence electrons. The molecule has 0 aromatic rings. The number of nitriles is 1. The number of hydrogen-bond donors (Lipinski definition) is 2. The minimum Gasteiger partial charge on any atom is -0.369 e. The Kier molecular flexibility index (Phi) is 6.26. The molecule has 0 aromatic heterocycles. The molecule has 1 fully saturated rings. The van der Waals surface area contributed by atoms with Crippen molar-refractivity contribution in [3.8, 4) is 6.07 Å². The van der Waals surface area contributed by atoms with Crippen molar-refractivity contribution in [2.75, 3.05) is 26.2 Å². The third-order valence-corrected chi connectivity index (χ3v) is 3.95. The summed E-state index contributed by atoms with van der Waals surface area (Å²) in [6.07, 6.45) is 3.60. The van der Waals surface area contributed by atoms with Crippen molar-refractivity contribution in [3.05, 3.63) is 0 Å². The van der Waals surface area contributed by atoms with Crippen LogP contribution >= 0.6 is 0 Å². The van der Waals surface area contributed by atoms with Gasteiger partial charge in [0.1, 0.15) is 5.54 Å². The predicted molar refractivity (Wildman–Crippen MR) is 75.3 cm³/mol. The molecular formula is C14H26N4O. The van der Waals surface area contributed by atoms with E-state index in [1.54, 1.807) is 0 Å². The molecule has 1 aliphatic heterocycles. The van der Waals surface area contributed by atoms with Crippen LogP contribution in [0.15, 0.2) is 0 Å². The summed E-state index contributed by atoms with van der Waals surface area (Å²) in [5, 5.41) is 12.4. The number of hydrogen-bond acceptors (Lipinski definition) is 4. The molecule has 1 rings (SSSR count). The van der Waals surface area contributed by atoms with E-state index in [4.69, 9.17) is 5.73 Å². The molecule has 5 heteroatoms. The molecule has 19 heavy (non-hydrogen) atoms. The summed E-state index contributed by atoms with van der Waals surface area (Å²) < 4.78 is 0. The fourth-order valence-corrected chi connectivity index (χ4v) is 2.67. The highest BCUT2D eigenvalue weighted by atomic mass is 16.1. The Labute approximate surface area is 116 Å². The Hall–Kier alpha value is -1.12. The van der Waals surface area contributed by atoms with Gasteiger partial charge in [-0.15, -0.1) is 0 Å². The molecule has 1 aliphatic rings. The van der Waals surface area contributed by atoms with Gasteiger partial charge in [0, 0.05) is 5.92 Å². The highest BCUT2D eigenvalue weighted by molar-refractivity contribution is 5.76. The molecule has 0 bridgehead atoms. The molecule has 1 heterocycles. The molecule has 0 spiro atoms. The summed E-state index contributed by atoms with van der Waals surface area (Å²) in [5.41, 5.74) is 4.90. The number of carbonyl (C=O) groups excluding carboxylic acids is 1. The van der Waals surface area contributed by atoms with E-state index in [-0.39, 0.29) is 11.8 Å². The summed E-state index contributed by atoms with van der Waals surface area (Å²) in [5.74, 6) is -0.105. The number of likely N-dealkylation sites (tertiary alicyclic amines) is 1. The van der Waals surface area contributed by atoms with Gasteiger partial charge in [-0.1, -0.05) is 6.92 Å². The molecule has 3 N–H and O–H groups in total. The van der Waals surface area contributed by atoms with Gasteiger partial charge in [0.15, 0.2) is 0 Å². The van der Waals surface area contributed by atoms with E-state index in [0.29, 0.717) is 0 Å². The van der Waals surface area contributed by atoms with Gasteiger partial charge < -0.3 is 10.6 Å². The average molecular weight is 266 g/mol. The summed E-state index contributed by atoms with van der Waals surface area (Å²) >= 11 is 0. The summed E-state index contributed by atoms with van der Waals surface area (Å²) in [6.45, 7) is 7.67. The van der Waals surface area contributed by atoms with E-state index in [9.17, 15) is 10.1 Å². The Morgan fingerprint density at radius 3 is 2.63 bits per heavy atom. The van der Waals surface area contributed by atoms with Crippen LogP contribution in [0.25, 0.3) is 0 Å². The number of primary amides is 1. The normalized spacial score (nSPS) is 20.7. The first-order valence-corrected chi connectivity index (χ1v) is 7.18. The number of nitrogens with zero attached hydrogens (tertiary/aromatic N) is 2. The van der Waals surface area contributed by atoms with Gasteiger partial charge >= 0.3 is 0 Å². The van der Waals surface area contributed by atoms with Crippen LogP contribution in [-0.4, -0.2) is 42.5 Å². The second kappa shape index (κ2) is 7.46. The lowest BCUT2D eigenvalue weighted by Crippen LogP contribution is -2.42. The van der Waals surface area contributed by atoms with Crippen LogP contribution in [0.2, 0.25) is 0 Å². The molecule has 0 aromatic carbocycles. The first-order valence-electron chi connectivity index (χ1n) is 7.18. The molecule has 0 aliphatic carbocycles. The first-order chi connectivity index (χ1) is 9.00. The monoisotopic (exact) mass is 266 g/mol. The van der Waals surface area contributed by atoms with Crippen molar-refractivity contribution in [1.82, 2.24) is 10.2 Å². The summed E-state index contributed by atoms with van der Waals surface area (Å²) in [6, 6.07) is 2.35. The lowest BCUT2D eigenvalue weighted by Gasteiger charge is -2.31. The van der Waals surface area contributed by atoms with E-state index >= 15 is 0 Å². The zero-order valence-corrected chi connectivity index (χ0v) is 12.1. The number of nitrogens with one attached hydrogen (secondary N) is 1. The Morgan fingerprint density at radius 1 is 1.53 bits per heavy atom. The van der Waals surface area contributed by atoms with E-state index in [1.165, 1.54) is 0 Å². The third-order valence-electron chi connectivity index (χ3n) is 3.95. The standard InChI is InChI=1S/C14H26N4O/c1-3-17-14(2,11-15)7-4-8-18-9-5-12(6-10-18)13(16)19/h12,17H,3-10H2,1-2H3,(H2,16,19). The van der Waals surface area contributed by atoms with Crippen LogP contribution in [-0.2, 0) is 4.79 Å². The molecule has 0 radical (unpaired) electrons. The van der Waals surface area contributed by atoms with Gasteiger partial charge in [-0.05, 0) is 58.8 Å². The zero-order chi connectivity index (χ0) is 14.3. The van der Waals surface area contributed by atoms with Crippen molar-refractivity contribution >= 4 is 5.91 Å². The lowest BCUT2D eigenvalue weighted by atomic mass is 9.94. The number of carbonyl (C=O) groups is 1. The quantitative estimate of drug-likeness (QED) is 0.716. The van der Waals surface area contributed by atoms with Crippen LogP contribution in [0.4, 0.5) is 0 Å². The van der Waals surface area contributed by atoms with Gasteiger partial charge in [-0.3, -0.25) is 10.1 Å². The maximum atomic E-state index is 11.1. The molecule has 1 amide bonds. The lowest BCUT2D eigenvalue weighted by molar-refractivity contribution is -0.123. The number of amides is 1. The van der Waals surface area contributed by atoms with E-state index < -0.39 is 5.54 Å². The largest absolute Gasteiger partial charge is 0.369 e. The van der Waals surface area contributed by atoms with E-state index in [0.717, 1.165) is 51.9 Å². The van der Waals surface area contributed by atoms with Crippen LogP contribution in [0.5, 0.6) is 0 Å². The fraction of sp³-hybridized carbons (Fsp3) is 0.857. The topological polar surface area (TPSA) is 82.2 Å². The predicted octanol–water partition coefficient (Wildman–Crippen LogP) is 0.856. The maximum absolute atomic E-state index is 11.1. The van der Waals surface area contributed by atoms with Crippen LogP contribution in [0.3, 0.4) is 0 Å². The Bertz CT molecular complexity index is 331. The van der Waals surface area contributed by atoms with Crippen molar-refractivity contribution in [2.24, 2.45) is 11.7 Å². The number of rotatable bonds is 7. The minimum absolute atomic E-state index is 0.0578. The van der Waals surface area contributed by atoms with Crippen molar-refractivity contribution in [2.45, 2.75) is 45.1 Å². The van der Waals surface area contributed by atoms with Gasteiger partial charge in [-0.25, -0.2) is 0 Å². The van der Waals surface area contributed by atoms with Crippen LogP contribution in [0, 0.1) is 17.2 Å². The van der Waals surface area contributed by atoms with E-state index in [1.807, 2.05) is 13.8 Å². The highest BCUT2D eigenvalue weighted by Crippen LogP contribution is 2.18. The fourth-order valence-electron chi connectivity index (χ4n) is 2.67. The molecule has 1 atom stereocenters. The van der Waals surface area contributed by atoms with Crippen molar-refractivity contribution in [1.29, 1.82) is 5.26 Å². The minimum atomic E-state index is -0.416. The van der Waals surface area contributed by atoms with E-state index in [2.05, 4.69) is 16.3 Å². The Balaban J connectivity index is 2.24.